The van der Waals surface area contributed by atoms with Crippen LogP contribution in [0.25, 0.3) is 0 Å². The number of pyridine rings is 1. The molecule has 0 atom stereocenters. The van der Waals surface area contributed by atoms with Gasteiger partial charge in [0, 0.05) is 16.9 Å². The van der Waals surface area contributed by atoms with Crippen molar-refractivity contribution in [1.82, 2.24) is 4.98 Å². The Bertz CT molecular complexity index is 1400. The maximum atomic E-state index is 13.4. The van der Waals surface area contributed by atoms with Gasteiger partial charge in [-0.15, -0.1) is 0 Å². The molecule has 33 heavy (non-hydrogen) atoms. The minimum Gasteiger partial charge on any atom is -0.326 e. The second-order valence-corrected chi connectivity index (χ2v) is 8.55. The molecule has 1 aliphatic heterocycles. The number of hydrogen-bond acceptors (Lipinski definition) is 4. The fourth-order valence-electron chi connectivity index (χ4n) is 4.03. The van der Waals surface area contributed by atoms with E-state index in [1.165, 1.54) is 0 Å². The molecule has 0 fully saturated rings. The van der Waals surface area contributed by atoms with Gasteiger partial charge >= 0.3 is 0 Å². The summed E-state index contributed by atoms with van der Waals surface area (Å²) in [5, 5.41) is 2.77. The number of benzene rings is 2. The average Bonchev–Trinajstić information content (AvgIpc) is 3.01. The van der Waals surface area contributed by atoms with Crippen molar-refractivity contribution in [3.8, 4) is 0 Å². The molecule has 0 saturated heterocycles. The van der Waals surface area contributed by atoms with Gasteiger partial charge in [-0.3, -0.25) is 19.2 Å². The molecule has 0 spiro atoms. The monoisotopic (exact) mass is 443 g/mol. The molecule has 0 aliphatic carbocycles. The van der Waals surface area contributed by atoms with E-state index in [9.17, 15) is 19.2 Å². The lowest BCUT2D eigenvalue weighted by Crippen LogP contribution is -2.30. The van der Waals surface area contributed by atoms with Crippen LogP contribution in [0.2, 0.25) is 0 Å². The molecule has 0 saturated carbocycles. The Labute approximate surface area is 191 Å². The van der Waals surface area contributed by atoms with Gasteiger partial charge in [-0.1, -0.05) is 12.1 Å². The van der Waals surface area contributed by atoms with Crippen LogP contribution in [-0.4, -0.2) is 22.7 Å². The maximum absolute atomic E-state index is 13.4. The van der Waals surface area contributed by atoms with Crippen molar-refractivity contribution in [3.63, 3.8) is 0 Å². The molecule has 2 aromatic carbocycles. The van der Waals surface area contributed by atoms with Gasteiger partial charge in [-0.25, -0.2) is 4.90 Å². The van der Waals surface area contributed by atoms with Crippen molar-refractivity contribution in [2.75, 3.05) is 10.2 Å². The minimum atomic E-state index is -0.596. The Morgan fingerprint density at radius 1 is 0.818 bits per heavy atom. The third kappa shape index (κ3) is 3.86. The van der Waals surface area contributed by atoms with Gasteiger partial charge in [0.25, 0.3) is 17.4 Å². The standard InChI is InChI=1S/C26H25N3O4/c1-13-6-8-18(10-15(13)3)28-21(30)12-20-23-22(17(5)27-24(20)31)25(32)29(26(23)33)19-9-7-14(2)16(4)11-19/h6-11H,12H2,1-5H3,(H,27,31)(H,28,30). The summed E-state index contributed by atoms with van der Waals surface area (Å²) in [5.41, 5.74) is 4.98. The number of carbonyl (C=O) groups is 3. The Balaban J connectivity index is 1.71. The fourth-order valence-corrected chi connectivity index (χ4v) is 4.03. The molecule has 0 bridgehead atoms. The van der Waals surface area contributed by atoms with Crippen LogP contribution < -0.4 is 15.8 Å². The predicted octanol–water partition coefficient (Wildman–Crippen LogP) is 3.90. The van der Waals surface area contributed by atoms with E-state index in [1.807, 2.05) is 45.9 Å². The molecule has 168 valence electrons. The first-order valence-corrected chi connectivity index (χ1v) is 10.7. The van der Waals surface area contributed by atoms with Crippen molar-refractivity contribution >= 4 is 29.1 Å². The smallest absolute Gasteiger partial charge is 0.267 e. The quantitative estimate of drug-likeness (QED) is 0.598. The van der Waals surface area contributed by atoms with Crippen molar-refractivity contribution < 1.29 is 14.4 Å². The first-order valence-electron chi connectivity index (χ1n) is 10.7. The van der Waals surface area contributed by atoms with E-state index in [1.54, 1.807) is 25.1 Å². The summed E-state index contributed by atoms with van der Waals surface area (Å²) < 4.78 is 0. The highest BCUT2D eigenvalue weighted by Crippen LogP contribution is 2.32. The van der Waals surface area contributed by atoms with Gasteiger partial charge in [0.1, 0.15) is 0 Å². The zero-order valence-corrected chi connectivity index (χ0v) is 19.3. The summed E-state index contributed by atoms with van der Waals surface area (Å²) in [4.78, 5) is 55.8. The molecule has 1 aromatic heterocycles. The van der Waals surface area contributed by atoms with Gasteiger partial charge in [0.2, 0.25) is 5.91 Å². The number of H-pyrrole nitrogens is 1. The lowest BCUT2D eigenvalue weighted by atomic mass is 10.0. The molecule has 7 nitrogen and oxygen atoms in total. The van der Waals surface area contributed by atoms with Gasteiger partial charge in [0.05, 0.1) is 23.2 Å². The lowest BCUT2D eigenvalue weighted by molar-refractivity contribution is -0.115. The molecule has 1 aliphatic rings. The third-order valence-electron chi connectivity index (χ3n) is 6.21. The van der Waals surface area contributed by atoms with Crippen LogP contribution in [0.1, 0.15) is 54.2 Å². The third-order valence-corrected chi connectivity index (χ3v) is 6.21. The van der Waals surface area contributed by atoms with Crippen molar-refractivity contribution in [2.45, 2.75) is 41.0 Å². The molecule has 0 unspecified atom stereocenters. The van der Waals surface area contributed by atoms with Crippen LogP contribution in [0, 0.1) is 34.6 Å². The Hall–Kier alpha value is -4.00. The fraction of sp³-hybridized carbons (Fsp3) is 0.231. The van der Waals surface area contributed by atoms with E-state index < -0.39 is 23.3 Å². The number of aromatic nitrogens is 1. The van der Waals surface area contributed by atoms with Gasteiger partial charge in [-0.05, 0) is 81.1 Å². The first kappa shape index (κ1) is 22.2. The normalized spacial score (nSPS) is 12.8. The number of nitrogens with one attached hydrogen (secondary N) is 2. The number of carbonyl (C=O) groups excluding carboxylic acids is 3. The van der Waals surface area contributed by atoms with Crippen LogP contribution in [0.4, 0.5) is 11.4 Å². The van der Waals surface area contributed by atoms with Crippen LogP contribution in [0.3, 0.4) is 0 Å². The largest absolute Gasteiger partial charge is 0.326 e. The van der Waals surface area contributed by atoms with E-state index in [0.717, 1.165) is 27.2 Å². The summed E-state index contributed by atoms with van der Waals surface area (Å²) in [6.07, 6.45) is -0.329. The van der Waals surface area contributed by atoms with Gasteiger partial charge < -0.3 is 10.3 Å². The van der Waals surface area contributed by atoms with E-state index in [2.05, 4.69) is 10.3 Å². The van der Waals surface area contributed by atoms with Crippen molar-refractivity contribution in [3.05, 3.63) is 91.4 Å². The lowest BCUT2D eigenvalue weighted by Gasteiger charge is -2.15. The SMILES string of the molecule is Cc1ccc(NC(=O)Cc2c3c(c(C)[nH]c2=O)C(=O)N(c2ccc(C)c(C)c2)C3=O)cc1C. The second kappa shape index (κ2) is 8.16. The number of aryl methyl sites for hydroxylation is 5. The Morgan fingerprint density at radius 3 is 2.06 bits per heavy atom. The molecule has 4 rings (SSSR count). The molecule has 3 amide bonds. The first-order chi connectivity index (χ1) is 15.6. The van der Waals surface area contributed by atoms with Crippen LogP contribution in [0.15, 0.2) is 41.2 Å². The zero-order valence-electron chi connectivity index (χ0n) is 19.3. The number of aromatic amines is 1. The highest BCUT2D eigenvalue weighted by atomic mass is 16.2. The highest BCUT2D eigenvalue weighted by molar-refractivity contribution is 6.35. The number of amides is 3. The summed E-state index contributed by atoms with van der Waals surface area (Å²) in [6.45, 7) is 9.33. The summed E-state index contributed by atoms with van der Waals surface area (Å²) in [5.74, 6) is -1.55. The topological polar surface area (TPSA) is 99.3 Å². The number of rotatable bonds is 4. The average molecular weight is 444 g/mol. The zero-order chi connectivity index (χ0) is 24.0. The molecular weight excluding hydrogens is 418 g/mol. The Morgan fingerprint density at radius 2 is 1.42 bits per heavy atom. The Kier molecular flexibility index (Phi) is 5.49. The van der Waals surface area contributed by atoms with E-state index in [0.29, 0.717) is 17.1 Å². The predicted molar refractivity (Wildman–Crippen MR) is 127 cm³/mol. The van der Waals surface area contributed by atoms with Crippen LogP contribution >= 0.6 is 0 Å². The highest BCUT2D eigenvalue weighted by Gasteiger charge is 2.41. The van der Waals surface area contributed by atoms with Gasteiger partial charge in [0.15, 0.2) is 0 Å². The van der Waals surface area contributed by atoms with Gasteiger partial charge in [-0.2, -0.15) is 0 Å². The summed E-state index contributed by atoms with van der Waals surface area (Å²) in [6, 6.07) is 10.8. The minimum absolute atomic E-state index is 0.00489. The molecule has 2 N–H and O–H groups in total. The second-order valence-electron chi connectivity index (χ2n) is 8.55. The maximum Gasteiger partial charge on any atom is 0.267 e. The number of anilines is 2. The van der Waals surface area contributed by atoms with Crippen molar-refractivity contribution in [2.24, 2.45) is 0 Å². The number of imide groups is 1. The van der Waals surface area contributed by atoms with Crippen LogP contribution in [-0.2, 0) is 11.2 Å². The number of hydrogen-bond donors (Lipinski definition) is 2. The van der Waals surface area contributed by atoms with E-state index >= 15 is 0 Å². The molecule has 0 radical (unpaired) electrons. The van der Waals surface area contributed by atoms with E-state index in [4.69, 9.17) is 0 Å². The van der Waals surface area contributed by atoms with Crippen molar-refractivity contribution in [1.29, 1.82) is 0 Å². The summed E-state index contributed by atoms with van der Waals surface area (Å²) >= 11 is 0. The molecular formula is C26H25N3O4. The number of fused-ring (bicyclic) bond motifs is 1. The summed E-state index contributed by atoms with van der Waals surface area (Å²) in [7, 11) is 0. The van der Waals surface area contributed by atoms with Crippen LogP contribution in [0.5, 0.6) is 0 Å². The molecule has 7 heteroatoms. The van der Waals surface area contributed by atoms with E-state index in [-0.39, 0.29) is 23.1 Å². The molecule has 3 aromatic rings. The number of nitrogens with zero attached hydrogens (tertiary/aromatic N) is 1. The molecule has 2 heterocycles.